The average molecular weight is 800 g/mol. The molecule has 0 aromatic rings. The van der Waals surface area contributed by atoms with Gasteiger partial charge in [0.15, 0.2) is 0 Å². The van der Waals surface area contributed by atoms with Crippen LogP contribution >= 0.6 is 0 Å². The normalized spacial score (nSPS) is 14.6. The number of amides is 1. The lowest BCUT2D eigenvalue weighted by Crippen LogP contribution is -2.53. The minimum Gasteiger partial charge on any atom is -0.394 e. The zero-order valence-corrected chi connectivity index (χ0v) is 37.3. The van der Waals surface area contributed by atoms with Crippen LogP contribution < -0.4 is 5.32 Å². The molecule has 0 aliphatic rings. The van der Waals surface area contributed by atoms with Crippen LogP contribution in [0.4, 0.5) is 0 Å². The molecule has 0 rings (SSSR count). The largest absolute Gasteiger partial charge is 0.394 e. The molecule has 0 aromatic carbocycles. The summed E-state index contributed by atoms with van der Waals surface area (Å²) in [4.78, 5) is 12.5. The van der Waals surface area contributed by atoms with Gasteiger partial charge in [-0.2, -0.15) is 0 Å². The van der Waals surface area contributed by atoms with Gasteiger partial charge in [-0.15, -0.1) is 0 Å². The number of nitrogens with one attached hydrogen (secondary N) is 1. The molecule has 4 unspecified atom stereocenters. The van der Waals surface area contributed by atoms with Gasteiger partial charge in [0, 0.05) is 0 Å². The number of hydrogen-bond donors (Lipinski definition) is 5. The number of aliphatic hydroxyl groups is 4. The summed E-state index contributed by atoms with van der Waals surface area (Å²) in [5.74, 6) is -0.605. The van der Waals surface area contributed by atoms with Gasteiger partial charge in [-0.3, -0.25) is 4.79 Å². The van der Waals surface area contributed by atoms with E-state index in [0.29, 0.717) is 19.3 Å². The number of carbonyl (C=O) groups is 1. The molecule has 4 atom stereocenters. The average Bonchev–Trinajstić information content (AvgIpc) is 3.22. The molecule has 0 heterocycles. The van der Waals surface area contributed by atoms with E-state index in [1.54, 1.807) is 0 Å². The van der Waals surface area contributed by atoms with Crippen molar-refractivity contribution in [1.82, 2.24) is 5.32 Å². The van der Waals surface area contributed by atoms with Crippen LogP contribution in [0.2, 0.25) is 0 Å². The molecule has 6 nitrogen and oxygen atoms in total. The second-order valence-corrected chi connectivity index (χ2v) is 16.5. The molecule has 0 saturated heterocycles. The standard InChI is InChI=1S/C51H93NO5/c1-3-5-7-9-11-13-15-17-19-21-23-24-25-26-27-29-30-32-34-36-38-40-42-44-48(54)50(56)47(46-53)52-51(57)49(55)45-43-41-39-37-35-33-31-28-22-20-18-16-14-12-10-8-6-4-2/h12,14,16,18,24-25,29-30,36,38,47-50,53-56H,3-11,13,15,17,19-23,26-28,31-35,37,39-46H2,1-2H3,(H,52,57)/b14-12-,18-16-,25-24+,30-29+,38-36+. The Morgan fingerprint density at radius 1 is 0.439 bits per heavy atom. The minimum absolute atomic E-state index is 0.350. The Morgan fingerprint density at radius 2 is 0.789 bits per heavy atom. The van der Waals surface area contributed by atoms with Crippen molar-refractivity contribution < 1.29 is 25.2 Å². The first kappa shape index (κ1) is 55.0. The smallest absolute Gasteiger partial charge is 0.249 e. The maximum atomic E-state index is 12.5. The van der Waals surface area contributed by atoms with E-state index in [0.717, 1.165) is 57.8 Å². The zero-order valence-electron chi connectivity index (χ0n) is 37.3. The van der Waals surface area contributed by atoms with Crippen molar-refractivity contribution in [3.8, 4) is 0 Å². The van der Waals surface area contributed by atoms with Gasteiger partial charge in [-0.05, 0) is 89.9 Å². The van der Waals surface area contributed by atoms with Crippen molar-refractivity contribution in [3.05, 3.63) is 60.8 Å². The van der Waals surface area contributed by atoms with Crippen molar-refractivity contribution in [2.45, 2.75) is 250 Å². The van der Waals surface area contributed by atoms with Crippen molar-refractivity contribution >= 4 is 5.91 Å². The van der Waals surface area contributed by atoms with Gasteiger partial charge in [0.2, 0.25) is 5.91 Å². The predicted molar refractivity (Wildman–Crippen MR) is 246 cm³/mol. The molecular weight excluding hydrogens is 707 g/mol. The van der Waals surface area contributed by atoms with Gasteiger partial charge in [0.25, 0.3) is 0 Å². The lowest BCUT2D eigenvalue weighted by atomic mass is 10.00. The summed E-state index contributed by atoms with van der Waals surface area (Å²) < 4.78 is 0. The highest BCUT2D eigenvalue weighted by atomic mass is 16.3. The van der Waals surface area contributed by atoms with E-state index in [-0.39, 0.29) is 0 Å². The monoisotopic (exact) mass is 800 g/mol. The Labute approximate surface area is 352 Å². The number of rotatable bonds is 43. The third kappa shape index (κ3) is 39.3. The molecule has 0 aliphatic heterocycles. The van der Waals surface area contributed by atoms with Gasteiger partial charge in [0.1, 0.15) is 12.2 Å². The van der Waals surface area contributed by atoms with E-state index in [1.807, 2.05) is 0 Å². The molecule has 6 heteroatoms. The van der Waals surface area contributed by atoms with Gasteiger partial charge in [-0.1, -0.05) is 197 Å². The Hall–Kier alpha value is -1.99. The van der Waals surface area contributed by atoms with E-state index in [4.69, 9.17) is 0 Å². The fourth-order valence-electron chi connectivity index (χ4n) is 7.07. The van der Waals surface area contributed by atoms with Gasteiger partial charge >= 0.3 is 0 Å². The maximum absolute atomic E-state index is 12.5. The predicted octanol–water partition coefficient (Wildman–Crippen LogP) is 13.2. The summed E-state index contributed by atoms with van der Waals surface area (Å²) in [6.45, 7) is 4.01. The van der Waals surface area contributed by atoms with E-state index < -0.39 is 36.9 Å². The van der Waals surface area contributed by atoms with Crippen molar-refractivity contribution in [3.63, 3.8) is 0 Å². The fourth-order valence-corrected chi connectivity index (χ4v) is 7.07. The highest BCUT2D eigenvalue weighted by Gasteiger charge is 2.28. The summed E-state index contributed by atoms with van der Waals surface area (Å²) in [6, 6.07) is -1.02. The number of aliphatic hydroxyl groups excluding tert-OH is 4. The Kier molecular flexibility index (Phi) is 43.5. The third-order valence-electron chi connectivity index (χ3n) is 10.9. The summed E-state index contributed by atoms with van der Waals surface area (Å²) in [6.07, 6.45) is 56.8. The first-order valence-corrected chi connectivity index (χ1v) is 24.2. The molecule has 0 fully saturated rings. The van der Waals surface area contributed by atoms with E-state index in [1.165, 1.54) is 135 Å². The first-order chi connectivity index (χ1) is 28.0. The third-order valence-corrected chi connectivity index (χ3v) is 10.9. The second kappa shape index (κ2) is 45.1. The van der Waals surface area contributed by atoms with Crippen LogP contribution in [0.5, 0.6) is 0 Å². The van der Waals surface area contributed by atoms with Crippen molar-refractivity contribution in [2.75, 3.05) is 6.61 Å². The van der Waals surface area contributed by atoms with Crippen LogP contribution in [0.1, 0.15) is 226 Å². The highest BCUT2D eigenvalue weighted by molar-refractivity contribution is 5.80. The molecule has 0 spiro atoms. The molecule has 5 N–H and O–H groups in total. The SMILES string of the molecule is CCCCC/C=C\C=C/CCCCCCCCCCCC(O)C(=O)NC(CO)C(O)C(O)CCC/C=C/CC/C=C/CC/C=C/CCCCCCCCCCCC. The molecule has 0 aliphatic carbocycles. The van der Waals surface area contributed by atoms with Gasteiger partial charge < -0.3 is 25.7 Å². The maximum Gasteiger partial charge on any atom is 0.249 e. The quantitative estimate of drug-likeness (QED) is 0.0240. The molecule has 1 amide bonds. The second-order valence-electron chi connectivity index (χ2n) is 16.5. The Balaban J connectivity index is 3.81. The van der Waals surface area contributed by atoms with Crippen molar-refractivity contribution in [2.24, 2.45) is 0 Å². The van der Waals surface area contributed by atoms with E-state index in [2.05, 4.69) is 79.9 Å². The molecule has 0 aromatic heterocycles. The Bertz CT molecular complexity index is 988. The summed E-state index contributed by atoms with van der Waals surface area (Å²) in [5.41, 5.74) is 0. The lowest BCUT2D eigenvalue weighted by Gasteiger charge is -2.27. The molecular formula is C51H93NO5. The highest BCUT2D eigenvalue weighted by Crippen LogP contribution is 2.15. The number of hydrogen-bond acceptors (Lipinski definition) is 5. The van der Waals surface area contributed by atoms with Gasteiger partial charge in [0.05, 0.1) is 18.8 Å². The lowest BCUT2D eigenvalue weighted by molar-refractivity contribution is -0.132. The Morgan fingerprint density at radius 3 is 1.25 bits per heavy atom. The minimum atomic E-state index is -1.30. The molecule has 0 saturated carbocycles. The van der Waals surface area contributed by atoms with Crippen LogP contribution in [0.15, 0.2) is 60.8 Å². The van der Waals surface area contributed by atoms with Crippen LogP contribution in [0.3, 0.4) is 0 Å². The van der Waals surface area contributed by atoms with Crippen LogP contribution in [-0.4, -0.2) is 57.3 Å². The topological polar surface area (TPSA) is 110 Å². The first-order valence-electron chi connectivity index (χ1n) is 24.2. The fraction of sp³-hybridized carbons (Fsp3) is 0.784. The van der Waals surface area contributed by atoms with Crippen LogP contribution in [0.25, 0.3) is 0 Å². The number of carbonyl (C=O) groups excluding carboxylic acids is 1. The van der Waals surface area contributed by atoms with Gasteiger partial charge in [-0.25, -0.2) is 0 Å². The zero-order chi connectivity index (χ0) is 41.7. The summed E-state index contributed by atoms with van der Waals surface area (Å²) >= 11 is 0. The van der Waals surface area contributed by atoms with E-state index >= 15 is 0 Å². The van der Waals surface area contributed by atoms with Crippen LogP contribution in [-0.2, 0) is 4.79 Å². The summed E-state index contributed by atoms with van der Waals surface area (Å²) in [7, 11) is 0. The molecule has 0 radical (unpaired) electrons. The summed E-state index contributed by atoms with van der Waals surface area (Å²) in [5, 5.41) is 43.8. The molecule has 0 bridgehead atoms. The molecule has 332 valence electrons. The van der Waals surface area contributed by atoms with Crippen LogP contribution in [0, 0.1) is 0 Å². The number of allylic oxidation sites excluding steroid dienone is 10. The van der Waals surface area contributed by atoms with E-state index in [9.17, 15) is 25.2 Å². The number of unbranched alkanes of at least 4 members (excludes halogenated alkanes) is 25. The van der Waals surface area contributed by atoms with Crippen molar-refractivity contribution in [1.29, 1.82) is 0 Å². The molecule has 57 heavy (non-hydrogen) atoms.